The third-order valence-corrected chi connectivity index (χ3v) is 17.6. The number of Topliss-reactive ketones (excluding diaryl/α,β-unsaturated/α-hetero) is 2. The highest BCUT2D eigenvalue weighted by Gasteiger charge is 2.64. The molecule has 0 spiro atoms. The Morgan fingerprint density at radius 3 is 2.30 bits per heavy atom. The lowest BCUT2D eigenvalue weighted by Crippen LogP contribution is -2.53. The second-order valence-corrected chi connectivity index (χ2v) is 24.4. The standard InChI is InChI=1S/C65H92ClN5O16/c1-13-44(14-2)62(79)84-29-17-15-16-21-46(72)34-47(38(3)4)59(76)69-48(22-19-28-68-63(67)80)50(73)32-42-24-26-45(27-25-42)60(77)70(9)41(7)61(78)86-54-35-55(74)71(10)49-31-43(33-51(82-11)57(49)66)30-39(5)20-18-23-53(83-12)65(81)36-52(85-56(75)37-65)40(6)58-64(54,8)87-58/h18,20,23-27,31,33,38,40-41,44,47-48,52-54,58,81H,13-17,19,21-22,28-30,32,34-37H2,1-12H3,(H,69,76)(H3,67,68,80)/b23-18+,39-20+/t40-,41+,47+,48+,52+,53-,54+,58+,64+,65-/m1/s1. The molecule has 5 rings (SSSR count). The van der Waals surface area contributed by atoms with E-state index in [0.29, 0.717) is 61.9 Å². The van der Waals surface area contributed by atoms with E-state index >= 15 is 0 Å². The number of likely N-dealkylation sites (N-methyl/N-ethyl adjacent to an activating group) is 1. The first kappa shape index (κ1) is 71.1. The number of aliphatic hydroxyl groups is 1. The normalized spacial score (nSPS) is 24.3. The van der Waals surface area contributed by atoms with Gasteiger partial charge in [0.15, 0.2) is 5.78 Å². The number of amides is 5. The van der Waals surface area contributed by atoms with Crippen molar-refractivity contribution in [3.05, 3.63) is 81.9 Å². The fourth-order valence-corrected chi connectivity index (χ4v) is 11.6. The number of carbonyl (C=O) groups excluding carboxylic acids is 9. The number of hydrogen-bond acceptors (Lipinski definition) is 16. The van der Waals surface area contributed by atoms with Crippen molar-refractivity contribution >= 4 is 70.5 Å². The number of anilines is 1. The summed E-state index contributed by atoms with van der Waals surface area (Å²) in [5.41, 5.74) is 4.97. The van der Waals surface area contributed by atoms with Gasteiger partial charge in [0, 0.05) is 70.8 Å². The molecule has 3 heterocycles. The van der Waals surface area contributed by atoms with E-state index in [4.69, 9.17) is 45.8 Å². The molecule has 2 fully saturated rings. The predicted molar refractivity (Wildman–Crippen MR) is 327 cm³/mol. The highest BCUT2D eigenvalue weighted by atomic mass is 35.5. The van der Waals surface area contributed by atoms with Gasteiger partial charge in [0.25, 0.3) is 5.91 Å². The number of rotatable bonds is 27. The van der Waals surface area contributed by atoms with Crippen LogP contribution in [0.3, 0.4) is 0 Å². The maximum Gasteiger partial charge on any atom is 0.328 e. The smallest absolute Gasteiger partial charge is 0.328 e. The van der Waals surface area contributed by atoms with Crippen LogP contribution in [0.1, 0.15) is 154 Å². The molecular weight excluding hydrogens is 1140 g/mol. The number of ether oxygens (including phenoxy) is 6. The van der Waals surface area contributed by atoms with Crippen LogP contribution in [0, 0.1) is 23.7 Å². The molecule has 3 aliphatic rings. The van der Waals surface area contributed by atoms with Gasteiger partial charge in [-0.1, -0.05) is 82.2 Å². The van der Waals surface area contributed by atoms with E-state index in [1.54, 1.807) is 57.3 Å². The highest BCUT2D eigenvalue weighted by molar-refractivity contribution is 6.35. The third-order valence-electron chi connectivity index (χ3n) is 17.2. The third kappa shape index (κ3) is 19.4. The van der Waals surface area contributed by atoms with Crippen LogP contribution >= 0.6 is 11.6 Å². The van der Waals surface area contributed by atoms with Crippen molar-refractivity contribution in [1.82, 2.24) is 15.5 Å². The number of benzene rings is 2. The Hall–Kier alpha value is -6.68. The molecule has 0 unspecified atom stereocenters. The monoisotopic (exact) mass is 1230 g/mol. The summed E-state index contributed by atoms with van der Waals surface area (Å²) in [6.45, 7) is 14.8. The molecule has 22 heteroatoms. The molecule has 2 saturated heterocycles. The summed E-state index contributed by atoms with van der Waals surface area (Å²) in [4.78, 5) is 124. The molecule has 4 bridgehead atoms. The second kappa shape index (κ2) is 32.5. The summed E-state index contributed by atoms with van der Waals surface area (Å²) >= 11 is 6.86. The van der Waals surface area contributed by atoms with E-state index in [1.165, 1.54) is 50.1 Å². The number of nitrogens with two attached hydrogens (primary N) is 1. The van der Waals surface area contributed by atoms with Crippen LogP contribution in [0.25, 0.3) is 0 Å². The van der Waals surface area contributed by atoms with Gasteiger partial charge in [0.1, 0.15) is 52.1 Å². The molecule has 0 aliphatic carbocycles. The Balaban J connectivity index is 1.30. The maximum absolute atomic E-state index is 14.5. The molecule has 10 atom stereocenters. The zero-order valence-electron chi connectivity index (χ0n) is 52.7. The van der Waals surface area contributed by atoms with Gasteiger partial charge in [-0.3, -0.25) is 33.6 Å². The van der Waals surface area contributed by atoms with Crippen molar-refractivity contribution < 1.29 is 76.7 Å². The highest BCUT2D eigenvalue weighted by Crippen LogP contribution is 2.50. The molecule has 2 aromatic rings. The average molecular weight is 1230 g/mol. The van der Waals surface area contributed by atoms with Crippen LogP contribution in [0.4, 0.5) is 10.5 Å². The summed E-state index contributed by atoms with van der Waals surface area (Å²) < 4.78 is 35.2. The van der Waals surface area contributed by atoms with Gasteiger partial charge in [-0.25, -0.2) is 9.59 Å². The quantitative estimate of drug-likeness (QED) is 0.0286. The number of epoxide rings is 1. The minimum absolute atomic E-state index is 0.0109. The van der Waals surface area contributed by atoms with Crippen molar-refractivity contribution in [2.24, 2.45) is 29.4 Å². The molecule has 5 N–H and O–H groups in total. The Labute approximate surface area is 517 Å². The summed E-state index contributed by atoms with van der Waals surface area (Å²) in [5, 5.41) is 17.6. The van der Waals surface area contributed by atoms with E-state index < -0.39 is 102 Å². The molecule has 480 valence electrons. The van der Waals surface area contributed by atoms with Crippen molar-refractivity contribution in [1.29, 1.82) is 0 Å². The first-order valence-corrected chi connectivity index (χ1v) is 30.7. The Morgan fingerprint density at radius 1 is 0.977 bits per heavy atom. The van der Waals surface area contributed by atoms with Gasteiger partial charge < -0.3 is 59.7 Å². The number of allylic oxidation sites excluding steroid dienone is 3. The lowest BCUT2D eigenvalue weighted by molar-refractivity contribution is -0.187. The van der Waals surface area contributed by atoms with Crippen LogP contribution in [0.5, 0.6) is 5.75 Å². The topological polar surface area (TPSA) is 289 Å². The Kier molecular flexibility index (Phi) is 26.6. The van der Waals surface area contributed by atoms with Crippen LogP contribution in [0.2, 0.25) is 5.02 Å². The molecule has 3 aliphatic heterocycles. The fourth-order valence-electron chi connectivity index (χ4n) is 11.3. The lowest BCUT2D eigenvalue weighted by atomic mass is 9.78. The minimum Gasteiger partial charge on any atom is -0.495 e. The number of esters is 3. The van der Waals surface area contributed by atoms with Gasteiger partial charge in [-0.2, -0.15) is 0 Å². The number of nitrogens with one attached hydrogen (secondary N) is 2. The summed E-state index contributed by atoms with van der Waals surface area (Å²) in [7, 11) is 5.88. The molecule has 0 aromatic heterocycles. The van der Waals surface area contributed by atoms with Gasteiger partial charge in [0.2, 0.25) is 11.8 Å². The molecular formula is C65H92ClN5O16. The largest absolute Gasteiger partial charge is 0.495 e. The summed E-state index contributed by atoms with van der Waals surface area (Å²) in [6.07, 6.45) is 5.00. The van der Waals surface area contributed by atoms with Crippen molar-refractivity contribution in [2.45, 2.75) is 193 Å². The number of fused-ring (bicyclic) bond motifs is 5. The van der Waals surface area contributed by atoms with Gasteiger partial charge in [0.05, 0.1) is 50.3 Å². The molecule has 0 saturated carbocycles. The van der Waals surface area contributed by atoms with Crippen LogP contribution in [-0.2, 0) is 70.1 Å². The average Bonchev–Trinajstić information content (AvgIpc) is 1.62. The molecule has 21 nitrogen and oxygen atoms in total. The van der Waals surface area contributed by atoms with E-state index in [1.807, 2.05) is 40.7 Å². The van der Waals surface area contributed by atoms with E-state index in [9.17, 15) is 48.3 Å². The maximum atomic E-state index is 14.5. The Bertz CT molecular complexity index is 2840. The Morgan fingerprint density at radius 2 is 1.67 bits per heavy atom. The van der Waals surface area contributed by atoms with Crippen LogP contribution in [-0.4, -0.2) is 152 Å². The molecule has 0 radical (unpaired) electrons. The number of halogens is 1. The number of urea groups is 1. The number of unbranched alkanes of at least 4 members (excludes halogenated alkanes) is 2. The molecule has 2 aromatic carbocycles. The van der Waals surface area contributed by atoms with Crippen LogP contribution in [0.15, 0.2) is 60.2 Å². The zero-order valence-corrected chi connectivity index (χ0v) is 53.5. The fraction of sp³-hybridized carbons (Fsp3) is 0.615. The SMILES string of the molecule is CCC(CC)C(=O)OCCCCCC(=O)C[C@H](C(=O)N[C@@H](CCCNC(N)=O)C(=O)Cc1ccc(C(=O)N(C)[C@@H](C)C(=O)O[C@H]2CC(=O)N(C)c3cc(cc(OC)c3Cl)C/C(C)=C/C=C/[C@@H](OC)[C@]3(O)CC(=O)O[C@@H](C3)[C@@H](C)[C@@H]3O[C@@]23C)cc1)C(C)C. The van der Waals surface area contributed by atoms with Gasteiger partial charge in [-0.05, 0) is 113 Å². The predicted octanol–water partition coefficient (Wildman–Crippen LogP) is 7.89. The molecule has 5 amide bonds. The van der Waals surface area contributed by atoms with Gasteiger partial charge in [-0.15, -0.1) is 0 Å². The number of ketones is 2. The molecule has 87 heavy (non-hydrogen) atoms. The van der Waals surface area contributed by atoms with E-state index in [2.05, 4.69) is 10.6 Å². The summed E-state index contributed by atoms with van der Waals surface area (Å²) in [5.74, 6) is -5.04. The first-order chi connectivity index (χ1) is 41.1. The lowest BCUT2D eigenvalue weighted by Gasteiger charge is -2.41. The van der Waals surface area contributed by atoms with E-state index in [0.717, 1.165) is 11.1 Å². The van der Waals surface area contributed by atoms with Crippen molar-refractivity contribution in [2.75, 3.05) is 46.4 Å². The summed E-state index contributed by atoms with van der Waals surface area (Å²) in [6, 6.07) is 6.78. The zero-order chi connectivity index (χ0) is 64.5. The van der Waals surface area contributed by atoms with Gasteiger partial charge >= 0.3 is 23.9 Å². The number of methoxy groups -OCH3 is 2. The van der Waals surface area contributed by atoms with Crippen molar-refractivity contribution in [3.63, 3.8) is 0 Å². The number of nitrogens with zero attached hydrogens (tertiary/aromatic N) is 2. The number of carbonyl (C=O) groups is 9. The van der Waals surface area contributed by atoms with Crippen LogP contribution < -0.4 is 26.0 Å². The van der Waals surface area contributed by atoms with Crippen molar-refractivity contribution in [3.8, 4) is 5.75 Å². The minimum atomic E-state index is -1.66. The van der Waals surface area contributed by atoms with E-state index in [-0.39, 0.29) is 91.6 Å². The first-order valence-electron chi connectivity index (χ1n) is 30.3. The number of primary amides is 1. The second-order valence-electron chi connectivity index (χ2n) is 24.1. The number of hydrogen-bond donors (Lipinski definition) is 4.